The van der Waals surface area contributed by atoms with Gasteiger partial charge in [-0.1, -0.05) is 17.3 Å². The summed E-state index contributed by atoms with van der Waals surface area (Å²) >= 11 is 0. The second-order valence-electron chi connectivity index (χ2n) is 5.87. The number of furan rings is 1. The maximum Gasteiger partial charge on any atom is 0.293 e. The van der Waals surface area contributed by atoms with Crippen molar-refractivity contribution in [2.45, 2.75) is 40.2 Å². The summed E-state index contributed by atoms with van der Waals surface area (Å²) < 4.78 is 11.4. The molecular formula is C17H21N3O2. The van der Waals surface area contributed by atoms with Crippen molar-refractivity contribution < 1.29 is 8.94 Å². The van der Waals surface area contributed by atoms with Crippen LogP contribution < -0.4 is 5.32 Å². The molecule has 0 aliphatic rings. The van der Waals surface area contributed by atoms with E-state index >= 15 is 0 Å². The highest BCUT2D eigenvalue weighted by atomic mass is 16.5. The molecule has 0 spiro atoms. The summed E-state index contributed by atoms with van der Waals surface area (Å²) in [5.41, 5.74) is 4.25. The highest BCUT2D eigenvalue weighted by molar-refractivity contribution is 5.91. The average molecular weight is 299 g/mol. The lowest BCUT2D eigenvalue weighted by atomic mass is 10.0. The summed E-state index contributed by atoms with van der Waals surface area (Å²) in [7, 11) is 1.92. The van der Waals surface area contributed by atoms with Crippen LogP contribution in [0.1, 0.15) is 29.4 Å². The van der Waals surface area contributed by atoms with Crippen LogP contribution in [0.4, 0.5) is 0 Å². The second-order valence-corrected chi connectivity index (χ2v) is 5.87. The number of hydrogen-bond acceptors (Lipinski definition) is 5. The highest BCUT2D eigenvalue weighted by Gasteiger charge is 2.20. The van der Waals surface area contributed by atoms with E-state index in [0.29, 0.717) is 23.5 Å². The third kappa shape index (κ3) is 2.41. The summed E-state index contributed by atoms with van der Waals surface area (Å²) in [6, 6.07) is 4.47. The van der Waals surface area contributed by atoms with Crippen molar-refractivity contribution in [3.63, 3.8) is 0 Å². The van der Waals surface area contributed by atoms with Crippen molar-refractivity contribution in [3.8, 4) is 11.7 Å². The van der Waals surface area contributed by atoms with E-state index in [4.69, 9.17) is 8.94 Å². The lowest BCUT2D eigenvalue weighted by molar-refractivity contribution is 0.407. The molecule has 2 aromatic heterocycles. The van der Waals surface area contributed by atoms with Crippen molar-refractivity contribution in [3.05, 3.63) is 34.6 Å². The topological polar surface area (TPSA) is 64.1 Å². The smallest absolute Gasteiger partial charge is 0.293 e. The fraction of sp³-hybridized carbons (Fsp3) is 0.412. The molecular weight excluding hydrogens is 278 g/mol. The molecule has 0 bridgehead atoms. The molecule has 5 nitrogen and oxygen atoms in total. The van der Waals surface area contributed by atoms with Crippen LogP contribution in [0.2, 0.25) is 0 Å². The average Bonchev–Trinajstić information content (AvgIpc) is 3.08. The number of aryl methyl sites for hydroxylation is 3. The standard InChI is InChI=1S/C17H21N3O2/c1-9-6-7-10(2)15-14(9)12(4)16(21-15)17-19-13(20-22-17)8-11(3)18-5/h6-7,11,18H,8H2,1-5H3. The molecule has 5 heteroatoms. The van der Waals surface area contributed by atoms with Gasteiger partial charge in [0, 0.05) is 23.4 Å². The number of nitrogens with one attached hydrogen (secondary N) is 1. The maximum absolute atomic E-state index is 6.03. The number of likely N-dealkylation sites (N-methyl/N-ethyl adjacent to an activating group) is 1. The molecule has 0 fully saturated rings. The van der Waals surface area contributed by atoms with E-state index in [-0.39, 0.29) is 0 Å². The van der Waals surface area contributed by atoms with E-state index in [1.807, 2.05) is 20.9 Å². The molecule has 116 valence electrons. The number of fused-ring (bicyclic) bond motifs is 1. The molecule has 0 aliphatic heterocycles. The number of aromatic nitrogens is 2. The summed E-state index contributed by atoms with van der Waals surface area (Å²) in [4.78, 5) is 4.47. The van der Waals surface area contributed by atoms with Gasteiger partial charge in [-0.3, -0.25) is 0 Å². The van der Waals surface area contributed by atoms with Gasteiger partial charge in [-0.05, 0) is 45.9 Å². The van der Waals surface area contributed by atoms with Gasteiger partial charge in [0.2, 0.25) is 0 Å². The fourth-order valence-corrected chi connectivity index (χ4v) is 2.68. The Hall–Kier alpha value is -2.14. The minimum Gasteiger partial charge on any atom is -0.450 e. The van der Waals surface area contributed by atoms with Crippen LogP contribution in [-0.4, -0.2) is 23.2 Å². The summed E-state index contributed by atoms with van der Waals surface area (Å²) in [6.45, 7) is 8.24. The molecule has 1 aromatic carbocycles. The van der Waals surface area contributed by atoms with Gasteiger partial charge in [0.15, 0.2) is 11.6 Å². The normalized spacial score (nSPS) is 13.0. The SMILES string of the molecule is CNC(C)Cc1noc(-c2oc3c(C)ccc(C)c3c2C)n1. The van der Waals surface area contributed by atoms with Crippen molar-refractivity contribution in [1.29, 1.82) is 0 Å². The van der Waals surface area contributed by atoms with E-state index in [9.17, 15) is 0 Å². The third-order valence-corrected chi connectivity index (χ3v) is 4.13. The first kappa shape index (κ1) is 14.8. The first-order valence-corrected chi connectivity index (χ1v) is 7.50. The predicted molar refractivity (Wildman–Crippen MR) is 85.9 cm³/mol. The number of nitrogens with zero attached hydrogens (tertiary/aromatic N) is 2. The summed E-state index contributed by atoms with van der Waals surface area (Å²) in [6.07, 6.45) is 0.720. The van der Waals surface area contributed by atoms with Crippen molar-refractivity contribution >= 4 is 11.0 Å². The van der Waals surface area contributed by atoms with E-state index in [0.717, 1.165) is 28.5 Å². The maximum atomic E-state index is 6.03. The predicted octanol–water partition coefficient (Wildman–Crippen LogP) is 3.56. The first-order chi connectivity index (χ1) is 10.5. The molecule has 3 aromatic rings. The van der Waals surface area contributed by atoms with Crippen LogP contribution in [0.5, 0.6) is 0 Å². The Labute approximate surface area is 129 Å². The van der Waals surface area contributed by atoms with Crippen LogP contribution in [0, 0.1) is 20.8 Å². The van der Waals surface area contributed by atoms with Crippen LogP contribution in [0.15, 0.2) is 21.1 Å². The molecule has 1 unspecified atom stereocenters. The Morgan fingerprint density at radius 3 is 2.59 bits per heavy atom. The second kappa shape index (κ2) is 5.57. The van der Waals surface area contributed by atoms with Crippen LogP contribution in [-0.2, 0) is 6.42 Å². The van der Waals surface area contributed by atoms with Crippen LogP contribution >= 0.6 is 0 Å². The summed E-state index contributed by atoms with van der Waals surface area (Å²) in [5, 5.41) is 8.35. The number of hydrogen-bond donors (Lipinski definition) is 1. The molecule has 22 heavy (non-hydrogen) atoms. The zero-order valence-electron chi connectivity index (χ0n) is 13.7. The zero-order chi connectivity index (χ0) is 15.9. The monoisotopic (exact) mass is 299 g/mol. The van der Waals surface area contributed by atoms with Gasteiger partial charge >= 0.3 is 0 Å². The minimum atomic E-state index is 0.298. The Kier molecular flexibility index (Phi) is 3.74. The molecule has 2 heterocycles. The molecule has 0 saturated heterocycles. The van der Waals surface area contributed by atoms with Crippen molar-refractivity contribution in [2.75, 3.05) is 7.05 Å². The largest absolute Gasteiger partial charge is 0.450 e. The third-order valence-electron chi connectivity index (χ3n) is 4.13. The van der Waals surface area contributed by atoms with Gasteiger partial charge in [-0.15, -0.1) is 0 Å². The molecule has 0 radical (unpaired) electrons. The first-order valence-electron chi connectivity index (χ1n) is 7.50. The van der Waals surface area contributed by atoms with Gasteiger partial charge < -0.3 is 14.3 Å². The quantitative estimate of drug-likeness (QED) is 0.798. The van der Waals surface area contributed by atoms with Gasteiger partial charge in [0.25, 0.3) is 5.89 Å². The zero-order valence-corrected chi connectivity index (χ0v) is 13.7. The van der Waals surface area contributed by atoms with Crippen LogP contribution in [0.3, 0.4) is 0 Å². The lowest BCUT2D eigenvalue weighted by Gasteiger charge is -2.04. The fourth-order valence-electron chi connectivity index (χ4n) is 2.68. The van der Waals surface area contributed by atoms with Crippen molar-refractivity contribution in [1.82, 2.24) is 15.5 Å². The Morgan fingerprint density at radius 2 is 1.91 bits per heavy atom. The summed E-state index contributed by atoms with van der Waals surface area (Å²) in [5.74, 6) is 1.80. The molecule has 0 amide bonds. The van der Waals surface area contributed by atoms with Crippen LogP contribution in [0.25, 0.3) is 22.6 Å². The molecule has 1 atom stereocenters. The van der Waals surface area contributed by atoms with Gasteiger partial charge in [0.05, 0.1) is 0 Å². The number of rotatable bonds is 4. The van der Waals surface area contributed by atoms with Gasteiger partial charge in [-0.25, -0.2) is 0 Å². The Bertz CT molecular complexity index is 817. The lowest BCUT2D eigenvalue weighted by Crippen LogP contribution is -2.24. The van der Waals surface area contributed by atoms with Crippen molar-refractivity contribution in [2.24, 2.45) is 0 Å². The van der Waals surface area contributed by atoms with Gasteiger partial charge in [-0.2, -0.15) is 4.98 Å². The number of benzene rings is 1. The molecule has 0 aliphatic carbocycles. The Morgan fingerprint density at radius 1 is 1.18 bits per heavy atom. The van der Waals surface area contributed by atoms with E-state index < -0.39 is 0 Å². The highest BCUT2D eigenvalue weighted by Crippen LogP contribution is 2.35. The Balaban J connectivity index is 2.06. The van der Waals surface area contributed by atoms with Gasteiger partial charge in [0.1, 0.15) is 5.58 Å². The molecule has 3 rings (SSSR count). The van der Waals surface area contributed by atoms with E-state index in [1.54, 1.807) is 0 Å². The molecule has 1 N–H and O–H groups in total. The minimum absolute atomic E-state index is 0.298. The van der Waals surface area contributed by atoms with E-state index in [1.165, 1.54) is 5.56 Å². The van der Waals surface area contributed by atoms with E-state index in [2.05, 4.69) is 41.4 Å². The molecule has 0 saturated carbocycles.